The largest absolute Gasteiger partial charge is 0.508 e. The fraction of sp³-hybridized carbons (Fsp3) is 0.381. The van der Waals surface area contributed by atoms with Crippen molar-refractivity contribution in [3.05, 3.63) is 58.6 Å². The van der Waals surface area contributed by atoms with E-state index in [-0.39, 0.29) is 27.1 Å². The number of carbonyl (C=O) groups excluding carboxylic acids is 1. The Hall–Kier alpha value is -2.09. The number of halogens is 1. The van der Waals surface area contributed by atoms with Crippen LogP contribution in [0.2, 0.25) is 5.02 Å². The molecular formula is C21H25ClN2O4S. The van der Waals surface area contributed by atoms with Crippen molar-refractivity contribution in [3.8, 4) is 5.75 Å². The minimum absolute atomic E-state index is 0.0246. The molecule has 1 aliphatic rings. The summed E-state index contributed by atoms with van der Waals surface area (Å²) in [5.74, 6) is 0.560. The number of aryl methyl sites for hydroxylation is 1. The maximum Gasteiger partial charge on any atom is 0.255 e. The second-order valence-corrected chi connectivity index (χ2v) is 9.58. The zero-order chi connectivity index (χ0) is 21.0. The van der Waals surface area contributed by atoms with E-state index >= 15 is 0 Å². The van der Waals surface area contributed by atoms with E-state index in [1.807, 2.05) is 12.1 Å². The number of sulfonamides is 1. The van der Waals surface area contributed by atoms with Gasteiger partial charge in [-0.05, 0) is 74.5 Å². The smallest absolute Gasteiger partial charge is 0.255 e. The molecule has 1 fully saturated rings. The summed E-state index contributed by atoms with van der Waals surface area (Å²) in [6.07, 6.45) is 3.77. The molecule has 2 N–H and O–H groups in total. The lowest BCUT2D eigenvalue weighted by Crippen LogP contribution is -2.38. The Morgan fingerprint density at radius 3 is 2.45 bits per heavy atom. The summed E-state index contributed by atoms with van der Waals surface area (Å²) in [6, 6.07) is 11.4. The number of aromatic hydroxyl groups is 1. The highest BCUT2D eigenvalue weighted by atomic mass is 35.5. The molecule has 29 heavy (non-hydrogen) atoms. The van der Waals surface area contributed by atoms with E-state index in [0.29, 0.717) is 19.0 Å². The van der Waals surface area contributed by atoms with E-state index in [1.54, 1.807) is 17.0 Å². The summed E-state index contributed by atoms with van der Waals surface area (Å²) < 4.78 is 26.3. The molecule has 1 aliphatic heterocycles. The van der Waals surface area contributed by atoms with Crippen molar-refractivity contribution < 1.29 is 18.3 Å². The molecule has 0 radical (unpaired) electrons. The number of carbonyl (C=O) groups is 1. The van der Waals surface area contributed by atoms with Crippen LogP contribution in [-0.4, -0.2) is 44.5 Å². The van der Waals surface area contributed by atoms with Crippen LogP contribution < -0.4 is 4.72 Å². The highest BCUT2D eigenvalue weighted by Gasteiger charge is 2.26. The highest BCUT2D eigenvalue weighted by Crippen LogP contribution is 2.27. The number of hydrogen-bond donors (Lipinski definition) is 2. The summed E-state index contributed by atoms with van der Waals surface area (Å²) in [7, 11) is -2.31. The number of phenols is 1. The molecule has 0 spiro atoms. The van der Waals surface area contributed by atoms with Crippen LogP contribution in [0.1, 0.15) is 35.2 Å². The third-order valence-corrected chi connectivity index (χ3v) is 7.17. The predicted molar refractivity (Wildman–Crippen MR) is 113 cm³/mol. The lowest BCUT2D eigenvalue weighted by atomic mass is 9.90. The minimum Gasteiger partial charge on any atom is -0.508 e. The lowest BCUT2D eigenvalue weighted by molar-refractivity contribution is 0.0687. The number of nitrogens with one attached hydrogen (secondary N) is 1. The highest BCUT2D eigenvalue weighted by molar-refractivity contribution is 7.89. The Balaban J connectivity index is 1.60. The fourth-order valence-electron chi connectivity index (χ4n) is 3.58. The van der Waals surface area contributed by atoms with Gasteiger partial charge in [0.25, 0.3) is 5.91 Å². The molecule has 6 nitrogen and oxygen atoms in total. The Morgan fingerprint density at radius 1 is 1.17 bits per heavy atom. The molecule has 1 saturated heterocycles. The van der Waals surface area contributed by atoms with Crippen LogP contribution in [0, 0.1) is 5.92 Å². The molecule has 0 aliphatic carbocycles. The van der Waals surface area contributed by atoms with Crippen molar-refractivity contribution in [3.63, 3.8) is 0 Å². The van der Waals surface area contributed by atoms with Crippen LogP contribution in [0.3, 0.4) is 0 Å². The number of phenolic OH excluding ortho intramolecular Hbond substituents is 1. The van der Waals surface area contributed by atoms with Crippen molar-refractivity contribution in [2.75, 3.05) is 20.1 Å². The van der Waals surface area contributed by atoms with Gasteiger partial charge >= 0.3 is 0 Å². The van der Waals surface area contributed by atoms with Gasteiger partial charge in [-0.3, -0.25) is 4.79 Å². The van der Waals surface area contributed by atoms with Gasteiger partial charge < -0.3 is 10.0 Å². The van der Waals surface area contributed by atoms with Crippen LogP contribution >= 0.6 is 11.6 Å². The molecule has 1 heterocycles. The molecule has 0 unspecified atom stereocenters. The average Bonchev–Trinajstić information content (AvgIpc) is 2.73. The average molecular weight is 437 g/mol. The molecule has 0 aromatic heterocycles. The quantitative estimate of drug-likeness (QED) is 0.726. The molecule has 8 heteroatoms. The van der Waals surface area contributed by atoms with E-state index in [9.17, 15) is 18.3 Å². The van der Waals surface area contributed by atoms with Crippen LogP contribution in [0.25, 0.3) is 0 Å². The summed E-state index contributed by atoms with van der Waals surface area (Å²) in [4.78, 5) is 14.7. The first-order chi connectivity index (χ1) is 13.8. The van der Waals surface area contributed by atoms with E-state index in [1.165, 1.54) is 30.8 Å². The van der Waals surface area contributed by atoms with Gasteiger partial charge in [0.2, 0.25) is 10.0 Å². The maximum absolute atomic E-state index is 12.9. The van der Waals surface area contributed by atoms with Crippen LogP contribution in [0.4, 0.5) is 0 Å². The topological polar surface area (TPSA) is 86.7 Å². The monoisotopic (exact) mass is 436 g/mol. The zero-order valence-electron chi connectivity index (χ0n) is 16.3. The van der Waals surface area contributed by atoms with Crippen LogP contribution in [0.15, 0.2) is 47.4 Å². The van der Waals surface area contributed by atoms with E-state index in [4.69, 9.17) is 11.6 Å². The molecule has 156 valence electrons. The first-order valence-electron chi connectivity index (χ1n) is 9.60. The van der Waals surface area contributed by atoms with Crippen LogP contribution in [0.5, 0.6) is 5.75 Å². The molecule has 0 atom stereocenters. The minimum atomic E-state index is -3.64. The molecule has 0 bridgehead atoms. The van der Waals surface area contributed by atoms with Gasteiger partial charge in [-0.1, -0.05) is 23.7 Å². The summed E-state index contributed by atoms with van der Waals surface area (Å²) in [5, 5.41) is 9.61. The van der Waals surface area contributed by atoms with Crippen molar-refractivity contribution >= 4 is 27.5 Å². The fourth-order valence-corrected chi connectivity index (χ4v) is 4.54. The molecule has 2 aromatic carbocycles. The SMILES string of the molecule is CNS(=O)(=O)c1ccc(Cl)c(C(=O)N2CCC(CCc3ccc(O)cc3)CC2)c1. The van der Waals surface area contributed by atoms with Crippen molar-refractivity contribution in [2.45, 2.75) is 30.6 Å². The number of likely N-dealkylation sites (tertiary alicyclic amines) is 1. The standard InChI is InChI=1S/C21H25ClN2O4S/c1-23-29(27,28)18-8-9-20(22)19(14-18)21(26)24-12-10-16(11-13-24)3-2-15-4-6-17(25)7-5-15/h4-9,14,16,23,25H,2-3,10-13H2,1H3. The molecule has 3 rings (SSSR count). The van der Waals surface area contributed by atoms with Gasteiger partial charge in [0.15, 0.2) is 0 Å². The Bertz CT molecular complexity index is 969. The van der Waals surface area contributed by atoms with E-state index < -0.39 is 10.0 Å². The molecule has 2 aromatic rings. The van der Waals surface area contributed by atoms with Crippen molar-refractivity contribution in [1.82, 2.24) is 9.62 Å². The predicted octanol–water partition coefficient (Wildman–Crippen LogP) is 3.44. The van der Waals surface area contributed by atoms with Crippen molar-refractivity contribution in [2.24, 2.45) is 5.92 Å². The molecule has 0 saturated carbocycles. The van der Waals surface area contributed by atoms with Gasteiger partial charge in [-0.15, -0.1) is 0 Å². The van der Waals surface area contributed by atoms with Gasteiger partial charge in [0.05, 0.1) is 15.5 Å². The van der Waals surface area contributed by atoms with Crippen LogP contribution in [-0.2, 0) is 16.4 Å². The Kier molecular flexibility index (Phi) is 6.82. The van der Waals surface area contributed by atoms with Gasteiger partial charge in [0.1, 0.15) is 5.75 Å². The third-order valence-electron chi connectivity index (χ3n) is 5.43. The van der Waals surface area contributed by atoms with Crippen molar-refractivity contribution in [1.29, 1.82) is 0 Å². The number of benzene rings is 2. The van der Waals surface area contributed by atoms with Gasteiger partial charge in [0, 0.05) is 13.1 Å². The zero-order valence-corrected chi connectivity index (χ0v) is 17.8. The molecule has 1 amide bonds. The summed E-state index contributed by atoms with van der Waals surface area (Å²) in [5.41, 5.74) is 1.40. The first-order valence-corrected chi connectivity index (χ1v) is 11.5. The Morgan fingerprint density at radius 2 is 1.83 bits per heavy atom. The first kappa shape index (κ1) is 21.6. The normalized spacial score (nSPS) is 15.4. The number of piperidine rings is 1. The van der Waals surface area contributed by atoms with E-state index in [2.05, 4.69) is 4.72 Å². The lowest BCUT2D eigenvalue weighted by Gasteiger charge is -2.32. The molecular weight excluding hydrogens is 412 g/mol. The number of amides is 1. The number of hydrogen-bond acceptors (Lipinski definition) is 4. The second-order valence-electron chi connectivity index (χ2n) is 7.29. The van der Waals surface area contributed by atoms with Gasteiger partial charge in [-0.2, -0.15) is 0 Å². The maximum atomic E-state index is 12.9. The summed E-state index contributed by atoms with van der Waals surface area (Å²) in [6.45, 7) is 1.25. The third kappa shape index (κ3) is 5.29. The van der Waals surface area contributed by atoms with E-state index in [0.717, 1.165) is 25.7 Å². The number of nitrogens with zero attached hydrogens (tertiary/aromatic N) is 1. The second kappa shape index (κ2) is 9.15. The Labute approximate surface area is 176 Å². The number of rotatable bonds is 6. The summed E-state index contributed by atoms with van der Waals surface area (Å²) >= 11 is 6.18. The van der Waals surface area contributed by atoms with Gasteiger partial charge in [-0.25, -0.2) is 13.1 Å².